The first-order chi connectivity index (χ1) is 15.5. The molecule has 1 atom stereocenters. The highest BCUT2D eigenvalue weighted by Gasteiger charge is 2.24. The van der Waals surface area contributed by atoms with Crippen LogP contribution in [0.5, 0.6) is 11.5 Å². The lowest BCUT2D eigenvalue weighted by Gasteiger charge is -2.31. The van der Waals surface area contributed by atoms with Crippen molar-refractivity contribution < 1.29 is 14.2 Å². The zero-order chi connectivity index (χ0) is 22.4. The molecule has 4 heteroatoms. The number of rotatable bonds is 8. The van der Waals surface area contributed by atoms with Crippen LogP contribution in [0.3, 0.4) is 0 Å². The summed E-state index contributed by atoms with van der Waals surface area (Å²) in [6, 6.07) is 17.5. The van der Waals surface area contributed by atoms with Crippen molar-refractivity contribution in [2.75, 3.05) is 13.2 Å². The van der Waals surface area contributed by atoms with Gasteiger partial charge in [0.05, 0.1) is 11.7 Å². The fourth-order valence-corrected chi connectivity index (χ4v) is 4.67. The van der Waals surface area contributed by atoms with Crippen molar-refractivity contribution in [2.24, 2.45) is 0 Å². The lowest BCUT2D eigenvalue weighted by Crippen LogP contribution is -2.37. The van der Waals surface area contributed by atoms with Crippen LogP contribution >= 0.6 is 0 Å². The van der Waals surface area contributed by atoms with Crippen molar-refractivity contribution in [3.8, 4) is 11.5 Å². The molecule has 1 aliphatic heterocycles. The minimum atomic E-state index is -0.0399. The second-order valence-corrected chi connectivity index (χ2v) is 10.2. The first kappa shape index (κ1) is 23.1. The zero-order valence-electron chi connectivity index (χ0n) is 19.9. The summed E-state index contributed by atoms with van der Waals surface area (Å²) in [5.41, 5.74) is 2.48. The van der Waals surface area contributed by atoms with E-state index in [-0.39, 0.29) is 11.7 Å². The molecule has 0 radical (unpaired) electrons. The van der Waals surface area contributed by atoms with E-state index < -0.39 is 0 Å². The third kappa shape index (κ3) is 6.73. The highest BCUT2D eigenvalue weighted by atomic mass is 16.5. The van der Waals surface area contributed by atoms with Crippen molar-refractivity contribution in [2.45, 2.75) is 89.6 Å². The predicted octanol–water partition coefficient (Wildman–Crippen LogP) is 6.24. The van der Waals surface area contributed by atoms with Crippen LogP contribution in [-0.2, 0) is 11.2 Å². The summed E-state index contributed by atoms with van der Waals surface area (Å²) >= 11 is 0. The van der Waals surface area contributed by atoms with Crippen LogP contribution in [0.15, 0.2) is 48.5 Å². The summed E-state index contributed by atoms with van der Waals surface area (Å²) in [6.45, 7) is 8.18. The highest BCUT2D eigenvalue weighted by molar-refractivity contribution is 5.42. The largest absolute Gasteiger partial charge is 0.490 e. The van der Waals surface area contributed by atoms with Gasteiger partial charge in [-0.1, -0.05) is 30.3 Å². The number of nitrogens with one attached hydrogen (secondary N) is 1. The molecule has 1 N–H and O–H groups in total. The van der Waals surface area contributed by atoms with Gasteiger partial charge < -0.3 is 19.5 Å². The van der Waals surface area contributed by atoms with Crippen LogP contribution in [-0.4, -0.2) is 30.9 Å². The SMILES string of the molecule is CC(C)(C)OCCCNC1CCC(Oc2ccc3c(c2)CCC(c2ccccc2)O3)CC1. The average molecular weight is 438 g/mol. The molecule has 32 heavy (non-hydrogen) atoms. The summed E-state index contributed by atoms with van der Waals surface area (Å²) in [5.74, 6) is 1.99. The number of aryl methyl sites for hydroxylation is 1. The molecule has 174 valence electrons. The maximum absolute atomic E-state index is 6.36. The molecule has 1 fully saturated rings. The van der Waals surface area contributed by atoms with Gasteiger partial charge in [-0.3, -0.25) is 0 Å². The second-order valence-electron chi connectivity index (χ2n) is 10.2. The standard InChI is InChI=1S/C28H39NO3/c1-28(2,3)30-19-7-18-29-23-11-13-24(14-12-23)31-25-15-17-27-22(20-25)10-16-26(32-27)21-8-5-4-6-9-21/h4-6,8-9,15,17,20,23-24,26,29H,7,10-14,16,18-19H2,1-3H3. The van der Waals surface area contributed by atoms with Gasteiger partial charge in [-0.05, 0) is 102 Å². The van der Waals surface area contributed by atoms with Gasteiger partial charge in [-0.15, -0.1) is 0 Å². The maximum Gasteiger partial charge on any atom is 0.124 e. The van der Waals surface area contributed by atoms with Crippen molar-refractivity contribution in [3.05, 3.63) is 59.7 Å². The van der Waals surface area contributed by atoms with E-state index >= 15 is 0 Å². The van der Waals surface area contributed by atoms with E-state index in [1.54, 1.807) is 0 Å². The molecule has 4 nitrogen and oxygen atoms in total. The number of hydrogen-bond acceptors (Lipinski definition) is 4. The number of ether oxygens (including phenoxy) is 3. The molecular weight excluding hydrogens is 398 g/mol. The van der Waals surface area contributed by atoms with Gasteiger partial charge in [0.25, 0.3) is 0 Å². The highest BCUT2D eigenvalue weighted by Crippen LogP contribution is 2.37. The Morgan fingerprint density at radius 3 is 2.50 bits per heavy atom. The van der Waals surface area contributed by atoms with Gasteiger partial charge in [0.2, 0.25) is 0 Å². The van der Waals surface area contributed by atoms with Crippen molar-refractivity contribution in [1.29, 1.82) is 0 Å². The molecule has 0 saturated heterocycles. The van der Waals surface area contributed by atoms with Crippen LogP contribution in [0, 0.1) is 0 Å². The van der Waals surface area contributed by atoms with Crippen molar-refractivity contribution in [1.82, 2.24) is 5.32 Å². The summed E-state index contributed by atoms with van der Waals surface area (Å²) in [6.07, 6.45) is 8.15. The topological polar surface area (TPSA) is 39.7 Å². The number of hydrogen-bond donors (Lipinski definition) is 1. The molecule has 2 aromatic carbocycles. The molecule has 2 aromatic rings. The quantitative estimate of drug-likeness (QED) is 0.496. The second kappa shape index (κ2) is 10.7. The molecule has 1 unspecified atom stereocenters. The molecule has 1 aliphatic carbocycles. The van der Waals surface area contributed by atoms with E-state index in [1.165, 1.54) is 24.0 Å². The van der Waals surface area contributed by atoms with Crippen LogP contribution in [0.2, 0.25) is 0 Å². The molecule has 1 heterocycles. The Morgan fingerprint density at radius 2 is 1.75 bits per heavy atom. The smallest absolute Gasteiger partial charge is 0.124 e. The van der Waals surface area contributed by atoms with Gasteiger partial charge in [-0.25, -0.2) is 0 Å². The van der Waals surface area contributed by atoms with E-state index in [0.717, 1.165) is 56.8 Å². The minimum Gasteiger partial charge on any atom is -0.490 e. The van der Waals surface area contributed by atoms with Crippen molar-refractivity contribution in [3.63, 3.8) is 0 Å². The predicted molar refractivity (Wildman–Crippen MR) is 130 cm³/mol. The minimum absolute atomic E-state index is 0.0399. The molecule has 0 aromatic heterocycles. The van der Waals surface area contributed by atoms with Crippen LogP contribution < -0.4 is 14.8 Å². The van der Waals surface area contributed by atoms with E-state index in [2.05, 4.69) is 74.6 Å². The molecule has 1 saturated carbocycles. The normalized spacial score (nSPS) is 23.3. The summed E-state index contributed by atoms with van der Waals surface area (Å²) < 4.78 is 18.4. The lowest BCUT2D eigenvalue weighted by molar-refractivity contribution is -0.00415. The van der Waals surface area contributed by atoms with E-state index in [9.17, 15) is 0 Å². The van der Waals surface area contributed by atoms with Crippen LogP contribution in [0.1, 0.15) is 76.5 Å². The number of benzene rings is 2. The lowest BCUT2D eigenvalue weighted by atomic mass is 9.92. The fraction of sp³-hybridized carbons (Fsp3) is 0.571. The molecule has 4 rings (SSSR count). The summed E-state index contributed by atoms with van der Waals surface area (Å²) in [4.78, 5) is 0. The first-order valence-corrected chi connectivity index (χ1v) is 12.3. The maximum atomic E-state index is 6.36. The Kier molecular flexibility index (Phi) is 7.75. The molecular formula is C28H39NO3. The third-order valence-corrected chi connectivity index (χ3v) is 6.41. The van der Waals surface area contributed by atoms with Gasteiger partial charge in [0.1, 0.15) is 17.6 Å². The fourth-order valence-electron chi connectivity index (χ4n) is 4.67. The Bertz CT molecular complexity index is 838. The molecule has 2 aliphatic rings. The molecule has 0 bridgehead atoms. The Labute approximate surface area is 193 Å². The molecule has 0 amide bonds. The summed E-state index contributed by atoms with van der Waals surface area (Å²) in [5, 5.41) is 3.70. The number of fused-ring (bicyclic) bond motifs is 1. The monoisotopic (exact) mass is 437 g/mol. The Hall–Kier alpha value is -2.04. The van der Waals surface area contributed by atoms with Crippen molar-refractivity contribution >= 4 is 0 Å². The molecule has 0 spiro atoms. The van der Waals surface area contributed by atoms with E-state index in [0.29, 0.717) is 12.1 Å². The summed E-state index contributed by atoms with van der Waals surface area (Å²) in [7, 11) is 0. The zero-order valence-corrected chi connectivity index (χ0v) is 19.9. The third-order valence-electron chi connectivity index (χ3n) is 6.41. The Morgan fingerprint density at radius 1 is 0.969 bits per heavy atom. The van der Waals surface area contributed by atoms with Gasteiger partial charge in [0.15, 0.2) is 0 Å². The van der Waals surface area contributed by atoms with Crippen LogP contribution in [0.4, 0.5) is 0 Å². The van der Waals surface area contributed by atoms with Gasteiger partial charge >= 0.3 is 0 Å². The van der Waals surface area contributed by atoms with E-state index in [1.807, 2.05) is 0 Å². The first-order valence-electron chi connectivity index (χ1n) is 12.3. The Balaban J connectivity index is 1.19. The van der Waals surface area contributed by atoms with Gasteiger partial charge in [-0.2, -0.15) is 0 Å². The van der Waals surface area contributed by atoms with Crippen LogP contribution in [0.25, 0.3) is 0 Å². The van der Waals surface area contributed by atoms with Gasteiger partial charge in [0, 0.05) is 12.6 Å². The average Bonchev–Trinajstić information content (AvgIpc) is 2.79. The van der Waals surface area contributed by atoms with E-state index in [4.69, 9.17) is 14.2 Å².